The molecule has 20 heavy (non-hydrogen) atoms. The lowest BCUT2D eigenvalue weighted by atomic mass is 10.0. The molecule has 0 aliphatic rings. The zero-order valence-corrected chi connectivity index (χ0v) is 12.9. The summed E-state index contributed by atoms with van der Waals surface area (Å²) in [5.41, 5.74) is 5.18. The predicted octanol–water partition coefficient (Wildman–Crippen LogP) is 2.07. The summed E-state index contributed by atoms with van der Waals surface area (Å²) in [6.45, 7) is 5.82. The fourth-order valence-corrected chi connectivity index (χ4v) is 1.71. The average molecular weight is 287 g/mol. The van der Waals surface area contributed by atoms with Gasteiger partial charge >= 0.3 is 0 Å². The number of unbranched alkanes of at least 4 members (excludes halogenated alkanes) is 2. The summed E-state index contributed by atoms with van der Waals surface area (Å²) in [5, 5.41) is 0. The number of Topliss-reactive ketones (excluding diaryl/α,β-unsaturated/α-hetero) is 1. The van der Waals surface area contributed by atoms with Crippen LogP contribution in [0.4, 0.5) is 0 Å². The number of amides is 1. The van der Waals surface area contributed by atoms with Crippen LogP contribution in [-0.4, -0.2) is 38.1 Å². The van der Waals surface area contributed by atoms with E-state index >= 15 is 0 Å². The summed E-state index contributed by atoms with van der Waals surface area (Å²) >= 11 is 0. The third kappa shape index (κ3) is 12.1. The topological polar surface area (TPSA) is 78.6 Å². The molecule has 1 atom stereocenters. The monoisotopic (exact) mass is 287 g/mol. The van der Waals surface area contributed by atoms with Crippen molar-refractivity contribution in [3.05, 3.63) is 0 Å². The van der Waals surface area contributed by atoms with Crippen LogP contribution in [0.15, 0.2) is 0 Å². The molecule has 0 saturated heterocycles. The van der Waals surface area contributed by atoms with Crippen molar-refractivity contribution in [2.45, 2.75) is 52.4 Å². The van der Waals surface area contributed by atoms with Gasteiger partial charge < -0.3 is 15.2 Å². The Morgan fingerprint density at radius 3 is 2.40 bits per heavy atom. The second kappa shape index (κ2) is 13.1. The third-order valence-corrected chi connectivity index (χ3v) is 3.06. The van der Waals surface area contributed by atoms with Crippen LogP contribution in [-0.2, 0) is 19.1 Å². The van der Waals surface area contributed by atoms with Crippen LogP contribution in [0.25, 0.3) is 0 Å². The van der Waals surface area contributed by atoms with Gasteiger partial charge in [-0.05, 0) is 19.3 Å². The largest absolute Gasteiger partial charge is 0.379 e. The summed E-state index contributed by atoms with van der Waals surface area (Å²) in [5.74, 6) is -0.194. The molecule has 118 valence electrons. The van der Waals surface area contributed by atoms with Gasteiger partial charge in [-0.25, -0.2) is 0 Å². The van der Waals surface area contributed by atoms with Crippen molar-refractivity contribution in [2.75, 3.05) is 26.4 Å². The Kier molecular flexibility index (Phi) is 12.4. The van der Waals surface area contributed by atoms with Crippen LogP contribution in [0.3, 0.4) is 0 Å². The van der Waals surface area contributed by atoms with Crippen molar-refractivity contribution in [3.8, 4) is 0 Å². The Morgan fingerprint density at radius 1 is 1.05 bits per heavy atom. The maximum atomic E-state index is 11.5. The molecular weight excluding hydrogens is 258 g/mol. The first kappa shape index (κ1) is 19.1. The van der Waals surface area contributed by atoms with Gasteiger partial charge in [0.15, 0.2) is 5.78 Å². The number of carbonyl (C=O) groups excluding carboxylic acids is 2. The van der Waals surface area contributed by atoms with E-state index in [9.17, 15) is 9.59 Å². The van der Waals surface area contributed by atoms with Gasteiger partial charge in [0, 0.05) is 18.9 Å². The van der Waals surface area contributed by atoms with Gasteiger partial charge in [0.1, 0.15) is 6.61 Å². The van der Waals surface area contributed by atoms with Crippen LogP contribution < -0.4 is 5.73 Å². The molecule has 0 rings (SSSR count). The van der Waals surface area contributed by atoms with Crippen molar-refractivity contribution >= 4 is 11.7 Å². The molecule has 0 heterocycles. The number of hydrogen-bond donors (Lipinski definition) is 1. The molecule has 0 aliphatic carbocycles. The van der Waals surface area contributed by atoms with Crippen LogP contribution in [0.5, 0.6) is 0 Å². The van der Waals surface area contributed by atoms with Crippen LogP contribution in [0, 0.1) is 5.92 Å². The van der Waals surface area contributed by atoms with Crippen LogP contribution >= 0.6 is 0 Å². The molecular formula is C15H29NO4. The van der Waals surface area contributed by atoms with E-state index in [0.29, 0.717) is 19.6 Å². The minimum absolute atomic E-state index is 0.0721. The standard InChI is InChI=1S/C15H29NO4/c1-3-9-19-10-11-20-12-14(17)8-6-4-5-7-13(2)15(16)18/h13H,3-12H2,1-2H3,(H2,16,18)/t13-/m0/s1. The lowest BCUT2D eigenvalue weighted by molar-refractivity contribution is -0.124. The third-order valence-electron chi connectivity index (χ3n) is 3.06. The fraction of sp³-hybridized carbons (Fsp3) is 0.867. The first-order valence-corrected chi connectivity index (χ1v) is 7.54. The van der Waals surface area contributed by atoms with E-state index in [2.05, 4.69) is 6.92 Å². The predicted molar refractivity (Wildman–Crippen MR) is 78.4 cm³/mol. The second-order valence-electron chi connectivity index (χ2n) is 5.11. The molecule has 0 saturated carbocycles. The van der Waals surface area contributed by atoms with Crippen molar-refractivity contribution in [2.24, 2.45) is 11.7 Å². The van der Waals surface area contributed by atoms with E-state index in [1.54, 1.807) is 0 Å². The smallest absolute Gasteiger partial charge is 0.220 e. The Hall–Kier alpha value is -0.940. The highest BCUT2D eigenvalue weighted by Gasteiger charge is 2.08. The van der Waals surface area contributed by atoms with Crippen LogP contribution in [0.2, 0.25) is 0 Å². The normalized spacial score (nSPS) is 12.3. The quantitative estimate of drug-likeness (QED) is 0.496. The molecule has 1 amide bonds. The van der Waals surface area contributed by atoms with Crippen LogP contribution in [0.1, 0.15) is 52.4 Å². The van der Waals surface area contributed by atoms with Gasteiger partial charge in [-0.15, -0.1) is 0 Å². The zero-order chi connectivity index (χ0) is 15.2. The molecule has 0 radical (unpaired) electrons. The Labute approximate surface area is 122 Å². The number of nitrogens with two attached hydrogens (primary N) is 1. The fourth-order valence-electron chi connectivity index (χ4n) is 1.71. The molecule has 5 nitrogen and oxygen atoms in total. The molecule has 0 aromatic rings. The van der Waals surface area contributed by atoms with E-state index in [0.717, 1.165) is 38.7 Å². The van der Waals surface area contributed by atoms with Gasteiger partial charge in [0.05, 0.1) is 13.2 Å². The molecule has 0 aliphatic heterocycles. The zero-order valence-electron chi connectivity index (χ0n) is 12.9. The van der Waals surface area contributed by atoms with E-state index in [1.807, 2.05) is 6.92 Å². The highest BCUT2D eigenvalue weighted by atomic mass is 16.5. The molecule has 2 N–H and O–H groups in total. The van der Waals surface area contributed by atoms with Gasteiger partial charge in [-0.1, -0.05) is 26.7 Å². The average Bonchev–Trinajstić information content (AvgIpc) is 2.41. The first-order valence-electron chi connectivity index (χ1n) is 7.54. The maximum Gasteiger partial charge on any atom is 0.220 e. The SMILES string of the molecule is CCCOCCOCC(=O)CCCCC[C@H](C)C(N)=O. The van der Waals surface area contributed by atoms with E-state index < -0.39 is 0 Å². The van der Waals surface area contributed by atoms with Gasteiger partial charge in [-0.2, -0.15) is 0 Å². The molecule has 0 unspecified atom stereocenters. The summed E-state index contributed by atoms with van der Waals surface area (Å²) in [4.78, 5) is 22.3. The number of ketones is 1. The van der Waals surface area contributed by atoms with E-state index in [4.69, 9.17) is 15.2 Å². The highest BCUT2D eigenvalue weighted by Crippen LogP contribution is 2.10. The summed E-state index contributed by atoms with van der Waals surface area (Å²) in [7, 11) is 0. The first-order chi connectivity index (χ1) is 9.57. The summed E-state index contributed by atoms with van der Waals surface area (Å²) in [6.07, 6.45) is 5.06. The maximum absolute atomic E-state index is 11.5. The van der Waals surface area contributed by atoms with Crippen molar-refractivity contribution in [1.29, 1.82) is 0 Å². The Morgan fingerprint density at radius 2 is 1.75 bits per heavy atom. The Balaban J connectivity index is 3.30. The number of rotatable bonds is 14. The minimum atomic E-state index is -0.250. The number of primary amides is 1. The van der Waals surface area contributed by atoms with Gasteiger partial charge in [0.25, 0.3) is 0 Å². The van der Waals surface area contributed by atoms with Crippen molar-refractivity contribution in [3.63, 3.8) is 0 Å². The van der Waals surface area contributed by atoms with Gasteiger partial charge in [0.2, 0.25) is 5.91 Å². The molecule has 5 heteroatoms. The highest BCUT2D eigenvalue weighted by molar-refractivity contribution is 5.79. The Bertz CT molecular complexity index is 269. The molecule has 0 spiro atoms. The number of carbonyl (C=O) groups is 2. The second-order valence-corrected chi connectivity index (χ2v) is 5.11. The summed E-state index contributed by atoms with van der Waals surface area (Å²) in [6, 6.07) is 0. The molecule has 0 bridgehead atoms. The molecule has 0 fully saturated rings. The molecule has 0 aromatic heterocycles. The lowest BCUT2D eigenvalue weighted by Crippen LogP contribution is -2.20. The number of hydrogen-bond acceptors (Lipinski definition) is 4. The molecule has 0 aromatic carbocycles. The summed E-state index contributed by atoms with van der Waals surface area (Å²) < 4.78 is 10.5. The van der Waals surface area contributed by atoms with Crippen molar-refractivity contribution in [1.82, 2.24) is 0 Å². The van der Waals surface area contributed by atoms with E-state index in [1.165, 1.54) is 0 Å². The lowest BCUT2D eigenvalue weighted by Gasteiger charge is -2.06. The van der Waals surface area contributed by atoms with E-state index in [-0.39, 0.29) is 24.2 Å². The minimum Gasteiger partial charge on any atom is -0.379 e. The number of ether oxygens (including phenoxy) is 2. The van der Waals surface area contributed by atoms with Gasteiger partial charge in [-0.3, -0.25) is 9.59 Å². The van der Waals surface area contributed by atoms with Crippen molar-refractivity contribution < 1.29 is 19.1 Å².